The van der Waals surface area contributed by atoms with Crippen LogP contribution in [0.25, 0.3) is 0 Å². The molecule has 1 aliphatic carbocycles. The third-order valence-corrected chi connectivity index (χ3v) is 7.38. The molecule has 5 heteroatoms. The first-order valence-corrected chi connectivity index (χ1v) is 11.1. The summed E-state index contributed by atoms with van der Waals surface area (Å²) in [4.78, 5) is 17.2. The van der Waals surface area contributed by atoms with Gasteiger partial charge in [-0.05, 0) is 62.1 Å². The second kappa shape index (κ2) is 8.48. The molecule has 2 N–H and O–H groups in total. The van der Waals surface area contributed by atoms with Crippen molar-refractivity contribution in [2.45, 2.75) is 42.7 Å². The lowest BCUT2D eigenvalue weighted by molar-refractivity contribution is -0.130. The fraction of sp³-hybridized carbons (Fsp3) is 0.423. The van der Waals surface area contributed by atoms with E-state index in [-0.39, 0.29) is 17.7 Å². The average Bonchev–Trinajstić information content (AvgIpc) is 2.78. The third-order valence-electron chi connectivity index (χ3n) is 7.38. The fourth-order valence-corrected chi connectivity index (χ4v) is 5.66. The summed E-state index contributed by atoms with van der Waals surface area (Å²) in [6, 6.07) is 16.7. The third kappa shape index (κ3) is 3.88. The lowest BCUT2D eigenvalue weighted by atomic mass is 9.55. The maximum atomic E-state index is 13.1. The molecule has 5 nitrogen and oxygen atoms in total. The Balaban J connectivity index is 1.68. The molecule has 2 fully saturated rings. The van der Waals surface area contributed by atoms with Crippen molar-refractivity contribution in [2.75, 3.05) is 26.7 Å². The molecule has 0 aromatic heterocycles. The average molecular weight is 421 g/mol. The van der Waals surface area contributed by atoms with Gasteiger partial charge in [0.05, 0.1) is 5.60 Å². The molecule has 3 atom stereocenters. The van der Waals surface area contributed by atoms with Gasteiger partial charge in [-0.2, -0.15) is 0 Å². The molecule has 1 amide bonds. The van der Waals surface area contributed by atoms with Gasteiger partial charge in [0.1, 0.15) is 5.75 Å². The van der Waals surface area contributed by atoms with Crippen LogP contribution < -0.4 is 0 Å². The number of piperidine rings is 1. The van der Waals surface area contributed by atoms with Crippen LogP contribution in [0.3, 0.4) is 0 Å². The van der Waals surface area contributed by atoms with E-state index in [1.165, 1.54) is 0 Å². The minimum atomic E-state index is -0.921. The van der Waals surface area contributed by atoms with E-state index < -0.39 is 11.0 Å². The van der Waals surface area contributed by atoms with Crippen LogP contribution in [0.5, 0.6) is 5.75 Å². The molecule has 0 radical (unpaired) electrons. The molecule has 1 saturated carbocycles. The summed E-state index contributed by atoms with van der Waals surface area (Å²) in [5, 5.41) is 22.2. The topological polar surface area (TPSA) is 64.0 Å². The van der Waals surface area contributed by atoms with Gasteiger partial charge in [0.25, 0.3) is 5.91 Å². The van der Waals surface area contributed by atoms with E-state index >= 15 is 0 Å². The van der Waals surface area contributed by atoms with Gasteiger partial charge in [-0.1, -0.05) is 36.4 Å². The van der Waals surface area contributed by atoms with Gasteiger partial charge in [0.2, 0.25) is 0 Å². The van der Waals surface area contributed by atoms with Crippen molar-refractivity contribution in [3.63, 3.8) is 0 Å². The van der Waals surface area contributed by atoms with Crippen LogP contribution in [0.4, 0.5) is 0 Å². The molecular weight excluding hydrogens is 388 g/mol. The Bertz CT molecular complexity index is 947. The number of likely N-dealkylation sites (tertiary alicyclic amines) is 1. The van der Waals surface area contributed by atoms with Crippen LogP contribution in [0, 0.1) is 0 Å². The highest BCUT2D eigenvalue weighted by molar-refractivity contribution is 5.94. The zero-order valence-electron chi connectivity index (χ0n) is 18.2. The van der Waals surface area contributed by atoms with Crippen molar-refractivity contribution in [1.82, 2.24) is 9.80 Å². The summed E-state index contributed by atoms with van der Waals surface area (Å²) in [7, 11) is 1.87. The molecule has 2 unspecified atom stereocenters. The van der Waals surface area contributed by atoms with E-state index in [0.717, 1.165) is 31.5 Å². The van der Waals surface area contributed by atoms with Crippen molar-refractivity contribution < 1.29 is 15.0 Å². The molecule has 4 rings (SSSR count). The number of aromatic hydroxyl groups is 1. The van der Waals surface area contributed by atoms with Crippen molar-refractivity contribution in [1.29, 1.82) is 0 Å². The zero-order valence-corrected chi connectivity index (χ0v) is 18.2. The number of hydrogen-bond acceptors (Lipinski definition) is 4. The van der Waals surface area contributed by atoms with E-state index in [1.54, 1.807) is 12.1 Å². The first-order valence-electron chi connectivity index (χ1n) is 11.1. The molecule has 2 aromatic carbocycles. The summed E-state index contributed by atoms with van der Waals surface area (Å²) >= 11 is 0. The number of rotatable bonds is 5. The van der Waals surface area contributed by atoms with Gasteiger partial charge in [-0.3, -0.25) is 9.69 Å². The van der Waals surface area contributed by atoms with Crippen molar-refractivity contribution in [2.24, 2.45) is 0 Å². The fourth-order valence-electron chi connectivity index (χ4n) is 5.66. The maximum Gasteiger partial charge on any atom is 0.253 e. The molecule has 2 aliphatic rings. The number of carbonyl (C=O) groups is 1. The number of aliphatic hydroxyl groups is 1. The lowest BCUT2D eigenvalue weighted by Gasteiger charge is -2.59. The Morgan fingerprint density at radius 1 is 1.23 bits per heavy atom. The largest absolute Gasteiger partial charge is 0.508 e. The standard InChI is InChI=1S/C26H32N2O3/c1-3-15-28-16-14-25(21-10-7-11-23(29)17-21)18-22(12-13-26(25,31)19-28)27(2)24(30)20-8-5-4-6-9-20/h3-11,17,22,29,31H,1,12-16,18-19H2,2H3/t22-,25?,26?/m0/s1. The minimum Gasteiger partial charge on any atom is -0.508 e. The van der Waals surface area contributed by atoms with Gasteiger partial charge >= 0.3 is 0 Å². The van der Waals surface area contributed by atoms with Gasteiger partial charge in [-0.15, -0.1) is 6.58 Å². The van der Waals surface area contributed by atoms with Crippen LogP contribution in [0.2, 0.25) is 0 Å². The number of hydrogen-bond donors (Lipinski definition) is 2. The molecule has 2 aromatic rings. The number of carbonyl (C=O) groups excluding carboxylic acids is 1. The van der Waals surface area contributed by atoms with Gasteiger partial charge in [0, 0.05) is 37.2 Å². The molecule has 164 valence electrons. The van der Waals surface area contributed by atoms with E-state index in [4.69, 9.17) is 0 Å². The molecule has 0 spiro atoms. The molecular formula is C26H32N2O3. The number of phenolic OH excluding ortho intramolecular Hbond substituents is 1. The number of benzene rings is 2. The van der Waals surface area contributed by atoms with Crippen LogP contribution in [-0.4, -0.2) is 64.2 Å². The van der Waals surface area contributed by atoms with E-state index in [1.807, 2.05) is 60.5 Å². The van der Waals surface area contributed by atoms with Gasteiger partial charge in [-0.25, -0.2) is 0 Å². The van der Waals surface area contributed by atoms with Gasteiger partial charge in [0.15, 0.2) is 0 Å². The quantitative estimate of drug-likeness (QED) is 0.726. The molecule has 0 bridgehead atoms. The van der Waals surface area contributed by atoms with Crippen LogP contribution in [-0.2, 0) is 5.41 Å². The minimum absolute atomic E-state index is 0.00573. The Morgan fingerprint density at radius 2 is 2.00 bits per heavy atom. The molecule has 1 heterocycles. The van der Waals surface area contributed by atoms with Crippen LogP contribution in [0.1, 0.15) is 41.6 Å². The first kappa shape index (κ1) is 21.6. The summed E-state index contributed by atoms with van der Waals surface area (Å²) in [6.45, 7) is 6.00. The van der Waals surface area contributed by atoms with Crippen molar-refractivity contribution >= 4 is 5.91 Å². The highest BCUT2D eigenvalue weighted by atomic mass is 16.3. The van der Waals surface area contributed by atoms with Crippen molar-refractivity contribution in [3.05, 3.63) is 78.4 Å². The summed E-state index contributed by atoms with van der Waals surface area (Å²) < 4.78 is 0. The maximum absolute atomic E-state index is 13.1. The molecule has 1 saturated heterocycles. The summed E-state index contributed by atoms with van der Waals surface area (Å²) in [5.41, 5.74) is 0.198. The highest BCUT2D eigenvalue weighted by Gasteiger charge is 2.58. The Kier molecular flexibility index (Phi) is 5.91. The van der Waals surface area contributed by atoms with E-state index in [9.17, 15) is 15.0 Å². The Labute approximate surface area is 184 Å². The van der Waals surface area contributed by atoms with E-state index in [2.05, 4.69) is 11.5 Å². The number of β-amino-alcohol motifs (C(OH)–C–C–N with tert-alkyl or cyclic N) is 1. The molecule has 1 aliphatic heterocycles. The second-order valence-corrected chi connectivity index (χ2v) is 9.12. The normalized spacial score (nSPS) is 28.5. The van der Waals surface area contributed by atoms with Crippen LogP contribution in [0.15, 0.2) is 67.3 Å². The Hall–Kier alpha value is -2.63. The summed E-state index contributed by atoms with van der Waals surface area (Å²) in [6.07, 6.45) is 4.67. The van der Waals surface area contributed by atoms with Crippen LogP contribution >= 0.6 is 0 Å². The number of phenols is 1. The number of amides is 1. The predicted molar refractivity (Wildman–Crippen MR) is 122 cm³/mol. The summed E-state index contributed by atoms with van der Waals surface area (Å²) in [5.74, 6) is 0.213. The second-order valence-electron chi connectivity index (χ2n) is 9.12. The number of fused-ring (bicyclic) bond motifs is 1. The predicted octanol–water partition coefficient (Wildman–Crippen LogP) is 3.58. The smallest absolute Gasteiger partial charge is 0.253 e. The van der Waals surface area contributed by atoms with E-state index in [0.29, 0.717) is 24.9 Å². The zero-order chi connectivity index (χ0) is 22.1. The SMILES string of the molecule is C=CCN1CCC2(c3cccc(O)c3)C[C@@H](N(C)C(=O)c3ccccc3)CCC2(O)C1. The lowest BCUT2D eigenvalue weighted by Crippen LogP contribution is -2.67. The number of nitrogens with zero attached hydrogens (tertiary/aromatic N) is 2. The monoisotopic (exact) mass is 420 g/mol. The molecule has 31 heavy (non-hydrogen) atoms. The highest BCUT2D eigenvalue weighted by Crippen LogP contribution is 2.52. The Morgan fingerprint density at radius 3 is 2.71 bits per heavy atom. The first-order chi connectivity index (χ1) is 14.9. The van der Waals surface area contributed by atoms with Crippen molar-refractivity contribution in [3.8, 4) is 5.75 Å². The van der Waals surface area contributed by atoms with Gasteiger partial charge < -0.3 is 15.1 Å².